The standard InChI is InChI=1S/C19H25ClN2O2/c1-13(2)19(24)22-10-8-15(9-11-22)21-18(23)12-14(3)16-6-4-5-7-17(16)20/h4-7,12-13,15H,8-11H2,1-3H3,(H,21,23)/b14-12+. The molecule has 2 rings (SSSR count). The van der Waals surface area contributed by atoms with Gasteiger partial charge >= 0.3 is 0 Å². The van der Waals surface area contributed by atoms with E-state index in [1.165, 1.54) is 0 Å². The van der Waals surface area contributed by atoms with Crippen molar-refractivity contribution in [1.82, 2.24) is 10.2 Å². The first-order valence-electron chi connectivity index (χ1n) is 8.41. The molecule has 1 aliphatic rings. The highest BCUT2D eigenvalue weighted by Gasteiger charge is 2.24. The number of rotatable bonds is 4. The monoisotopic (exact) mass is 348 g/mol. The Kier molecular flexibility index (Phi) is 6.44. The quantitative estimate of drug-likeness (QED) is 0.846. The summed E-state index contributed by atoms with van der Waals surface area (Å²) in [5.41, 5.74) is 1.71. The summed E-state index contributed by atoms with van der Waals surface area (Å²) >= 11 is 6.16. The highest BCUT2D eigenvalue weighted by Crippen LogP contribution is 2.23. The molecule has 5 heteroatoms. The fourth-order valence-corrected chi connectivity index (χ4v) is 3.19. The maximum atomic E-state index is 12.2. The van der Waals surface area contributed by atoms with Gasteiger partial charge in [-0.1, -0.05) is 43.6 Å². The number of carbonyl (C=O) groups is 2. The van der Waals surface area contributed by atoms with Crippen LogP contribution in [0.15, 0.2) is 30.3 Å². The Hall–Kier alpha value is -1.81. The first-order chi connectivity index (χ1) is 11.4. The van der Waals surface area contributed by atoms with Gasteiger partial charge in [-0.2, -0.15) is 0 Å². The third-order valence-corrected chi connectivity index (χ3v) is 4.62. The molecule has 1 N–H and O–H groups in total. The molecule has 1 aromatic rings. The topological polar surface area (TPSA) is 49.4 Å². The highest BCUT2D eigenvalue weighted by atomic mass is 35.5. The van der Waals surface area contributed by atoms with Gasteiger partial charge in [-0.05, 0) is 37.0 Å². The summed E-state index contributed by atoms with van der Waals surface area (Å²) in [5, 5.41) is 3.67. The van der Waals surface area contributed by atoms with Crippen LogP contribution in [0.1, 0.15) is 39.2 Å². The van der Waals surface area contributed by atoms with E-state index in [1.54, 1.807) is 6.08 Å². The summed E-state index contributed by atoms with van der Waals surface area (Å²) in [6, 6.07) is 7.60. The smallest absolute Gasteiger partial charge is 0.244 e. The Balaban J connectivity index is 1.89. The van der Waals surface area contributed by atoms with Gasteiger partial charge in [0.15, 0.2) is 0 Å². The van der Waals surface area contributed by atoms with Gasteiger partial charge in [0.25, 0.3) is 0 Å². The van der Waals surface area contributed by atoms with E-state index in [4.69, 9.17) is 11.6 Å². The number of nitrogens with zero attached hydrogens (tertiary/aromatic N) is 1. The number of hydrogen-bond donors (Lipinski definition) is 1. The molecule has 0 radical (unpaired) electrons. The fourth-order valence-electron chi connectivity index (χ4n) is 2.91. The minimum absolute atomic E-state index is 0.0253. The third kappa shape index (κ3) is 4.84. The summed E-state index contributed by atoms with van der Waals surface area (Å²) < 4.78 is 0. The number of likely N-dealkylation sites (tertiary alicyclic amines) is 1. The Morgan fingerprint density at radius 3 is 2.46 bits per heavy atom. The van der Waals surface area contributed by atoms with Crippen molar-refractivity contribution < 1.29 is 9.59 Å². The summed E-state index contributed by atoms with van der Waals surface area (Å²) in [4.78, 5) is 26.1. The van der Waals surface area contributed by atoms with Crippen LogP contribution in [0.5, 0.6) is 0 Å². The Labute approximate surface area is 148 Å². The van der Waals surface area contributed by atoms with Crippen molar-refractivity contribution >= 4 is 29.0 Å². The summed E-state index contributed by atoms with van der Waals surface area (Å²) in [5.74, 6) is 0.104. The molecule has 0 aliphatic carbocycles. The second-order valence-electron chi connectivity index (χ2n) is 6.57. The van der Waals surface area contributed by atoms with E-state index in [2.05, 4.69) is 5.32 Å². The fraction of sp³-hybridized carbons (Fsp3) is 0.474. The molecular weight excluding hydrogens is 324 g/mol. The lowest BCUT2D eigenvalue weighted by atomic mass is 10.0. The Morgan fingerprint density at radius 1 is 1.25 bits per heavy atom. The predicted octanol–water partition coefficient (Wildman–Crippen LogP) is 3.51. The van der Waals surface area contributed by atoms with Crippen molar-refractivity contribution in [2.75, 3.05) is 13.1 Å². The maximum Gasteiger partial charge on any atom is 0.244 e. The number of allylic oxidation sites excluding steroid dienone is 1. The van der Waals surface area contributed by atoms with Crippen molar-refractivity contribution in [1.29, 1.82) is 0 Å². The molecule has 0 spiro atoms. The highest BCUT2D eigenvalue weighted by molar-refractivity contribution is 6.32. The molecule has 4 nitrogen and oxygen atoms in total. The third-order valence-electron chi connectivity index (χ3n) is 4.29. The van der Waals surface area contributed by atoms with Crippen LogP contribution >= 0.6 is 11.6 Å². The van der Waals surface area contributed by atoms with Gasteiger partial charge in [0.2, 0.25) is 11.8 Å². The van der Waals surface area contributed by atoms with Crippen LogP contribution in [-0.4, -0.2) is 35.8 Å². The summed E-state index contributed by atoms with van der Waals surface area (Å²) in [6.45, 7) is 7.12. The molecule has 1 aliphatic heterocycles. The van der Waals surface area contributed by atoms with Crippen LogP contribution in [0, 0.1) is 5.92 Å². The largest absolute Gasteiger partial charge is 0.350 e. The van der Waals surface area contributed by atoms with Gasteiger partial charge in [0.1, 0.15) is 0 Å². The molecule has 0 saturated carbocycles. The number of piperidine rings is 1. The number of benzene rings is 1. The van der Waals surface area contributed by atoms with E-state index in [-0.39, 0.29) is 23.8 Å². The molecular formula is C19H25ClN2O2. The molecule has 1 aromatic carbocycles. The first-order valence-corrected chi connectivity index (χ1v) is 8.78. The lowest BCUT2D eigenvalue weighted by Crippen LogP contribution is -2.47. The molecule has 2 amide bonds. The van der Waals surface area contributed by atoms with Gasteiger partial charge in [0, 0.05) is 36.1 Å². The van der Waals surface area contributed by atoms with Crippen LogP contribution in [-0.2, 0) is 9.59 Å². The molecule has 0 atom stereocenters. The molecule has 0 unspecified atom stereocenters. The molecule has 1 heterocycles. The second kappa shape index (κ2) is 8.34. The van der Waals surface area contributed by atoms with Crippen LogP contribution in [0.2, 0.25) is 5.02 Å². The van der Waals surface area contributed by atoms with Crippen molar-refractivity contribution in [3.63, 3.8) is 0 Å². The van der Waals surface area contributed by atoms with Crippen molar-refractivity contribution in [3.8, 4) is 0 Å². The van der Waals surface area contributed by atoms with Crippen LogP contribution in [0.3, 0.4) is 0 Å². The van der Waals surface area contributed by atoms with Gasteiger partial charge in [0.05, 0.1) is 0 Å². The normalized spacial score (nSPS) is 16.4. The van der Waals surface area contributed by atoms with Crippen molar-refractivity contribution in [2.45, 2.75) is 39.7 Å². The lowest BCUT2D eigenvalue weighted by Gasteiger charge is -2.33. The number of halogens is 1. The van der Waals surface area contributed by atoms with Crippen molar-refractivity contribution in [3.05, 3.63) is 40.9 Å². The summed E-state index contributed by atoms with van der Waals surface area (Å²) in [7, 11) is 0. The summed E-state index contributed by atoms with van der Waals surface area (Å²) in [6.07, 6.45) is 3.18. The average molecular weight is 349 g/mol. The lowest BCUT2D eigenvalue weighted by molar-refractivity contribution is -0.135. The molecule has 130 valence electrons. The van der Waals surface area contributed by atoms with Gasteiger partial charge in [-0.15, -0.1) is 0 Å². The zero-order chi connectivity index (χ0) is 17.7. The number of amides is 2. The van der Waals surface area contributed by atoms with E-state index in [0.29, 0.717) is 18.1 Å². The zero-order valence-electron chi connectivity index (χ0n) is 14.5. The molecule has 1 fully saturated rings. The molecule has 1 saturated heterocycles. The first kappa shape index (κ1) is 18.5. The van der Waals surface area contributed by atoms with Crippen LogP contribution in [0.4, 0.5) is 0 Å². The minimum Gasteiger partial charge on any atom is -0.350 e. The predicted molar refractivity (Wildman–Crippen MR) is 97.7 cm³/mol. The van der Waals surface area contributed by atoms with Crippen LogP contribution < -0.4 is 5.32 Å². The molecule has 24 heavy (non-hydrogen) atoms. The second-order valence-corrected chi connectivity index (χ2v) is 6.98. The van der Waals surface area contributed by atoms with E-state index < -0.39 is 0 Å². The average Bonchev–Trinajstić information content (AvgIpc) is 2.55. The number of hydrogen-bond acceptors (Lipinski definition) is 2. The number of nitrogens with one attached hydrogen (secondary N) is 1. The van der Waals surface area contributed by atoms with Crippen LogP contribution in [0.25, 0.3) is 5.57 Å². The Morgan fingerprint density at radius 2 is 1.88 bits per heavy atom. The Bertz CT molecular complexity index is 632. The van der Waals surface area contributed by atoms with Crippen molar-refractivity contribution in [2.24, 2.45) is 5.92 Å². The van der Waals surface area contributed by atoms with Gasteiger partial charge < -0.3 is 10.2 Å². The van der Waals surface area contributed by atoms with E-state index in [9.17, 15) is 9.59 Å². The molecule has 0 aromatic heterocycles. The molecule has 0 bridgehead atoms. The van der Waals surface area contributed by atoms with Gasteiger partial charge in [-0.3, -0.25) is 9.59 Å². The number of carbonyl (C=O) groups excluding carboxylic acids is 2. The minimum atomic E-state index is -0.110. The van der Waals surface area contributed by atoms with E-state index in [0.717, 1.165) is 24.0 Å². The maximum absolute atomic E-state index is 12.2. The SMILES string of the molecule is C/C(=C\C(=O)NC1CCN(C(=O)C(C)C)CC1)c1ccccc1Cl. The van der Waals surface area contributed by atoms with Gasteiger partial charge in [-0.25, -0.2) is 0 Å². The van der Waals surface area contributed by atoms with E-state index in [1.807, 2.05) is 49.9 Å². The zero-order valence-corrected chi connectivity index (χ0v) is 15.3. The van der Waals surface area contributed by atoms with E-state index >= 15 is 0 Å².